The summed E-state index contributed by atoms with van der Waals surface area (Å²) in [7, 11) is 0. The fourth-order valence-corrected chi connectivity index (χ4v) is 4.19. The van der Waals surface area contributed by atoms with E-state index in [1.54, 1.807) is 0 Å². The van der Waals surface area contributed by atoms with Crippen LogP contribution < -0.4 is 5.73 Å². The van der Waals surface area contributed by atoms with Crippen LogP contribution >= 0.6 is 23.1 Å². The van der Waals surface area contributed by atoms with Gasteiger partial charge in [0.2, 0.25) is 0 Å². The fourth-order valence-electron chi connectivity index (χ4n) is 1.91. The molecule has 0 aliphatic carbocycles. The molecule has 0 aromatic carbocycles. The molecule has 1 aliphatic rings. The summed E-state index contributed by atoms with van der Waals surface area (Å²) in [4.78, 5) is 1.48. The summed E-state index contributed by atoms with van der Waals surface area (Å²) in [6, 6.07) is 4.36. The maximum absolute atomic E-state index is 5.84. The van der Waals surface area contributed by atoms with E-state index in [9.17, 15) is 0 Å². The first-order chi connectivity index (χ1) is 6.42. The van der Waals surface area contributed by atoms with Crippen LogP contribution in [0.3, 0.4) is 0 Å². The first kappa shape index (κ1) is 9.56. The van der Waals surface area contributed by atoms with Crippen LogP contribution in [0.4, 0.5) is 0 Å². The smallest absolute Gasteiger partial charge is 0.00918 e. The Morgan fingerprint density at radius 3 is 3.08 bits per heavy atom. The second-order valence-corrected chi connectivity index (χ2v) is 5.61. The van der Waals surface area contributed by atoms with E-state index in [0.29, 0.717) is 5.92 Å². The first-order valence-corrected chi connectivity index (χ1v) is 6.76. The fraction of sp³-hybridized carbons (Fsp3) is 0.600. The summed E-state index contributed by atoms with van der Waals surface area (Å²) >= 11 is 3.93. The van der Waals surface area contributed by atoms with Gasteiger partial charge in [0.1, 0.15) is 0 Å². The molecular weight excluding hydrogens is 198 g/mol. The van der Waals surface area contributed by atoms with Crippen LogP contribution in [0.5, 0.6) is 0 Å². The van der Waals surface area contributed by atoms with Crippen molar-refractivity contribution in [3.8, 4) is 0 Å². The normalized spacial score (nSPS) is 24.8. The van der Waals surface area contributed by atoms with Gasteiger partial charge in [-0.25, -0.2) is 0 Å². The quantitative estimate of drug-likeness (QED) is 0.835. The van der Waals surface area contributed by atoms with Gasteiger partial charge in [-0.15, -0.1) is 11.3 Å². The molecule has 1 aromatic heterocycles. The maximum Gasteiger partial charge on any atom is 0.00918 e. The third-order valence-corrected chi connectivity index (χ3v) is 4.89. The molecule has 0 saturated carbocycles. The highest BCUT2D eigenvalue weighted by atomic mass is 32.2. The van der Waals surface area contributed by atoms with Gasteiger partial charge in [0.05, 0.1) is 0 Å². The van der Waals surface area contributed by atoms with Gasteiger partial charge < -0.3 is 5.73 Å². The van der Waals surface area contributed by atoms with Crippen molar-refractivity contribution in [2.75, 3.05) is 18.1 Å². The van der Waals surface area contributed by atoms with E-state index in [2.05, 4.69) is 29.3 Å². The summed E-state index contributed by atoms with van der Waals surface area (Å²) in [5.74, 6) is 4.08. The predicted octanol–water partition coefficient (Wildman–Crippen LogP) is 2.54. The van der Waals surface area contributed by atoms with E-state index in [0.717, 1.165) is 12.5 Å². The minimum Gasteiger partial charge on any atom is -0.330 e. The summed E-state index contributed by atoms with van der Waals surface area (Å²) in [5.41, 5.74) is 5.84. The van der Waals surface area contributed by atoms with E-state index >= 15 is 0 Å². The van der Waals surface area contributed by atoms with Crippen molar-refractivity contribution in [1.29, 1.82) is 0 Å². The Morgan fingerprint density at radius 1 is 1.62 bits per heavy atom. The lowest BCUT2D eigenvalue weighted by atomic mass is 9.90. The number of nitrogens with two attached hydrogens (primary N) is 1. The van der Waals surface area contributed by atoms with Crippen molar-refractivity contribution in [3.05, 3.63) is 22.4 Å². The lowest BCUT2D eigenvalue weighted by Crippen LogP contribution is -2.20. The molecule has 2 N–H and O–H groups in total. The molecule has 2 heterocycles. The molecule has 1 nitrogen and oxygen atoms in total. The molecule has 3 heteroatoms. The van der Waals surface area contributed by atoms with Crippen molar-refractivity contribution in [3.63, 3.8) is 0 Å². The highest BCUT2D eigenvalue weighted by Gasteiger charge is 2.25. The summed E-state index contributed by atoms with van der Waals surface area (Å²) in [6.07, 6.45) is 1.35. The van der Waals surface area contributed by atoms with Gasteiger partial charge in [0, 0.05) is 17.3 Å². The number of thiophene rings is 1. The zero-order chi connectivity index (χ0) is 9.10. The van der Waals surface area contributed by atoms with Gasteiger partial charge in [-0.05, 0) is 35.3 Å². The SMILES string of the molecule is NCC(c1cccs1)C1CCSC1. The highest BCUT2D eigenvalue weighted by molar-refractivity contribution is 7.99. The molecule has 1 aromatic rings. The molecule has 1 saturated heterocycles. The Bertz CT molecular complexity index is 239. The van der Waals surface area contributed by atoms with Gasteiger partial charge in [-0.1, -0.05) is 6.07 Å². The Labute approximate surface area is 87.7 Å². The first-order valence-electron chi connectivity index (χ1n) is 4.73. The Balaban J connectivity index is 2.08. The number of hydrogen-bond acceptors (Lipinski definition) is 3. The van der Waals surface area contributed by atoms with E-state index in [-0.39, 0.29) is 0 Å². The Hall–Kier alpha value is 0.01000. The monoisotopic (exact) mass is 213 g/mol. The number of thioether (sulfide) groups is 1. The Morgan fingerprint density at radius 2 is 2.54 bits per heavy atom. The van der Waals surface area contributed by atoms with Crippen LogP contribution in [0.2, 0.25) is 0 Å². The molecule has 72 valence electrons. The van der Waals surface area contributed by atoms with E-state index in [1.165, 1.54) is 22.8 Å². The molecular formula is C10H15NS2. The third kappa shape index (κ3) is 2.09. The van der Waals surface area contributed by atoms with Gasteiger partial charge in [0.15, 0.2) is 0 Å². The largest absolute Gasteiger partial charge is 0.330 e. The maximum atomic E-state index is 5.84. The van der Waals surface area contributed by atoms with Crippen molar-refractivity contribution < 1.29 is 0 Å². The van der Waals surface area contributed by atoms with Crippen LogP contribution in [0, 0.1) is 5.92 Å². The second-order valence-electron chi connectivity index (χ2n) is 3.48. The van der Waals surface area contributed by atoms with Gasteiger partial charge in [-0.3, -0.25) is 0 Å². The molecule has 1 aliphatic heterocycles. The van der Waals surface area contributed by atoms with Gasteiger partial charge in [0.25, 0.3) is 0 Å². The molecule has 0 bridgehead atoms. The molecule has 0 radical (unpaired) electrons. The minimum atomic E-state index is 0.620. The zero-order valence-corrected chi connectivity index (χ0v) is 9.24. The lowest BCUT2D eigenvalue weighted by Gasteiger charge is -2.19. The third-order valence-electron chi connectivity index (χ3n) is 2.70. The van der Waals surface area contributed by atoms with Crippen LogP contribution in [0.15, 0.2) is 17.5 Å². The topological polar surface area (TPSA) is 26.0 Å². The van der Waals surface area contributed by atoms with Crippen molar-refractivity contribution in [1.82, 2.24) is 0 Å². The van der Waals surface area contributed by atoms with Crippen LogP contribution in [0.25, 0.3) is 0 Å². The number of rotatable bonds is 3. The van der Waals surface area contributed by atoms with Gasteiger partial charge in [-0.2, -0.15) is 11.8 Å². The highest BCUT2D eigenvalue weighted by Crippen LogP contribution is 2.36. The van der Waals surface area contributed by atoms with Crippen molar-refractivity contribution >= 4 is 23.1 Å². The Kier molecular flexibility index (Phi) is 3.30. The van der Waals surface area contributed by atoms with E-state index < -0.39 is 0 Å². The predicted molar refractivity (Wildman–Crippen MR) is 61.5 cm³/mol. The van der Waals surface area contributed by atoms with Gasteiger partial charge >= 0.3 is 0 Å². The molecule has 2 atom stereocenters. The molecule has 1 fully saturated rings. The van der Waals surface area contributed by atoms with E-state index in [1.807, 2.05) is 11.3 Å². The molecule has 2 rings (SSSR count). The number of hydrogen-bond donors (Lipinski definition) is 1. The van der Waals surface area contributed by atoms with Crippen molar-refractivity contribution in [2.45, 2.75) is 12.3 Å². The summed E-state index contributed by atoms with van der Waals surface area (Å²) < 4.78 is 0. The molecule has 2 unspecified atom stereocenters. The van der Waals surface area contributed by atoms with Crippen molar-refractivity contribution in [2.24, 2.45) is 11.7 Å². The average molecular weight is 213 g/mol. The molecule has 13 heavy (non-hydrogen) atoms. The second kappa shape index (κ2) is 4.49. The molecule has 0 spiro atoms. The zero-order valence-electron chi connectivity index (χ0n) is 7.61. The average Bonchev–Trinajstić information content (AvgIpc) is 2.76. The van der Waals surface area contributed by atoms with Crippen LogP contribution in [-0.2, 0) is 0 Å². The summed E-state index contributed by atoms with van der Waals surface area (Å²) in [5, 5.41) is 2.15. The standard InChI is InChI=1S/C10H15NS2/c11-6-9(8-3-5-12-7-8)10-2-1-4-13-10/h1-2,4,8-9H,3,5-7,11H2. The molecule has 0 amide bonds. The van der Waals surface area contributed by atoms with Crippen LogP contribution in [0.1, 0.15) is 17.2 Å². The minimum absolute atomic E-state index is 0.620. The lowest BCUT2D eigenvalue weighted by molar-refractivity contribution is 0.482. The van der Waals surface area contributed by atoms with Crippen LogP contribution in [-0.4, -0.2) is 18.1 Å². The van der Waals surface area contributed by atoms with E-state index in [4.69, 9.17) is 5.73 Å². The summed E-state index contributed by atoms with van der Waals surface area (Å²) in [6.45, 7) is 0.811.